The number of rotatable bonds is 1. The lowest BCUT2D eigenvalue weighted by Gasteiger charge is -2.19. The zero-order chi connectivity index (χ0) is 13.3. The van der Waals surface area contributed by atoms with Crippen molar-refractivity contribution < 1.29 is 9.59 Å². The lowest BCUT2D eigenvalue weighted by Crippen LogP contribution is -2.38. The van der Waals surface area contributed by atoms with E-state index in [2.05, 4.69) is 10.4 Å². The van der Waals surface area contributed by atoms with Crippen molar-refractivity contribution in [1.29, 1.82) is 0 Å². The maximum atomic E-state index is 12.4. The van der Waals surface area contributed by atoms with Gasteiger partial charge in [-0.2, -0.15) is 5.10 Å². The van der Waals surface area contributed by atoms with E-state index in [1.807, 2.05) is 0 Å². The van der Waals surface area contributed by atoms with Crippen LogP contribution in [0.2, 0.25) is 0 Å². The molecule has 1 aromatic heterocycles. The lowest BCUT2D eigenvalue weighted by molar-refractivity contribution is -0.121. The zero-order valence-corrected chi connectivity index (χ0v) is 10.6. The Morgan fingerprint density at radius 1 is 1.50 bits per heavy atom. The molecule has 1 fully saturated rings. The van der Waals surface area contributed by atoms with Crippen molar-refractivity contribution in [3.63, 3.8) is 0 Å². The topological polar surface area (TPSA) is 93.2 Å². The molecule has 0 atom stereocenters. The molecule has 0 spiro atoms. The first-order chi connectivity index (χ1) is 8.50. The summed E-state index contributed by atoms with van der Waals surface area (Å²) in [6.45, 7) is 2.97. The second-order valence-electron chi connectivity index (χ2n) is 4.40. The first-order valence-electron chi connectivity index (χ1n) is 5.85. The van der Waals surface area contributed by atoms with Crippen LogP contribution < -0.4 is 11.1 Å². The van der Waals surface area contributed by atoms with Gasteiger partial charge in [-0.3, -0.25) is 14.3 Å². The monoisotopic (exact) mass is 251 g/mol. The largest absolute Gasteiger partial charge is 0.395 e. The van der Waals surface area contributed by atoms with E-state index < -0.39 is 0 Å². The highest BCUT2D eigenvalue weighted by molar-refractivity contribution is 5.99. The molecule has 98 valence electrons. The van der Waals surface area contributed by atoms with Crippen LogP contribution in [0.3, 0.4) is 0 Å². The third kappa shape index (κ3) is 2.15. The van der Waals surface area contributed by atoms with Gasteiger partial charge in [0.1, 0.15) is 5.69 Å². The Bertz CT molecular complexity index is 494. The Morgan fingerprint density at radius 3 is 2.83 bits per heavy atom. The smallest absolute Gasteiger partial charge is 0.274 e. The highest BCUT2D eigenvalue weighted by atomic mass is 16.2. The van der Waals surface area contributed by atoms with E-state index in [0.717, 1.165) is 6.42 Å². The minimum absolute atomic E-state index is 0.0719. The van der Waals surface area contributed by atoms with Gasteiger partial charge in [0.15, 0.2) is 0 Å². The predicted octanol–water partition coefficient (Wildman–Crippen LogP) is -0.727. The van der Waals surface area contributed by atoms with Gasteiger partial charge in [-0.25, -0.2) is 0 Å². The van der Waals surface area contributed by atoms with Gasteiger partial charge in [-0.1, -0.05) is 0 Å². The highest BCUT2D eigenvalue weighted by Gasteiger charge is 2.26. The molecule has 7 nitrogen and oxygen atoms in total. The summed E-state index contributed by atoms with van der Waals surface area (Å²) in [5.74, 6) is -0.383. The van der Waals surface area contributed by atoms with Crippen molar-refractivity contribution in [2.45, 2.75) is 13.3 Å². The Balaban J connectivity index is 2.27. The van der Waals surface area contributed by atoms with Gasteiger partial charge in [0.2, 0.25) is 5.91 Å². The number of nitrogen functional groups attached to an aromatic ring is 1. The fourth-order valence-corrected chi connectivity index (χ4v) is 2.06. The number of amides is 2. The van der Waals surface area contributed by atoms with E-state index in [1.165, 1.54) is 9.58 Å². The summed E-state index contributed by atoms with van der Waals surface area (Å²) in [5.41, 5.74) is 7.21. The molecule has 0 aliphatic carbocycles. The van der Waals surface area contributed by atoms with Crippen molar-refractivity contribution in [3.05, 3.63) is 11.4 Å². The SMILES string of the molecule is Cc1nn(C)c(C(=O)N2CCCNC(=O)C2)c1N. The van der Waals surface area contributed by atoms with Gasteiger partial charge in [0.25, 0.3) is 5.91 Å². The zero-order valence-electron chi connectivity index (χ0n) is 10.6. The van der Waals surface area contributed by atoms with Gasteiger partial charge in [0, 0.05) is 20.1 Å². The summed E-state index contributed by atoms with van der Waals surface area (Å²) >= 11 is 0. The molecular weight excluding hydrogens is 234 g/mol. The summed E-state index contributed by atoms with van der Waals surface area (Å²) in [7, 11) is 1.68. The van der Waals surface area contributed by atoms with Crippen molar-refractivity contribution in [1.82, 2.24) is 20.0 Å². The van der Waals surface area contributed by atoms with Crippen LogP contribution in [0.4, 0.5) is 5.69 Å². The van der Waals surface area contributed by atoms with Gasteiger partial charge in [-0.05, 0) is 13.3 Å². The Labute approximate surface area is 105 Å². The van der Waals surface area contributed by atoms with Gasteiger partial charge >= 0.3 is 0 Å². The maximum Gasteiger partial charge on any atom is 0.274 e. The number of nitrogens with one attached hydrogen (secondary N) is 1. The number of anilines is 1. The van der Waals surface area contributed by atoms with E-state index in [0.29, 0.717) is 30.2 Å². The van der Waals surface area contributed by atoms with E-state index in [4.69, 9.17) is 5.73 Å². The summed E-state index contributed by atoms with van der Waals surface area (Å²) in [6, 6.07) is 0. The van der Waals surface area contributed by atoms with Gasteiger partial charge in [0.05, 0.1) is 17.9 Å². The van der Waals surface area contributed by atoms with Gasteiger partial charge < -0.3 is 16.0 Å². The molecule has 2 rings (SSSR count). The van der Waals surface area contributed by atoms with Crippen LogP contribution >= 0.6 is 0 Å². The molecule has 0 saturated carbocycles. The molecule has 18 heavy (non-hydrogen) atoms. The minimum atomic E-state index is -0.243. The molecule has 0 bridgehead atoms. The van der Waals surface area contributed by atoms with Crippen LogP contribution in [0.15, 0.2) is 0 Å². The Kier molecular flexibility index (Phi) is 3.22. The number of aryl methyl sites for hydroxylation is 2. The van der Waals surface area contributed by atoms with Crippen molar-refractivity contribution in [2.24, 2.45) is 7.05 Å². The van der Waals surface area contributed by atoms with Crippen molar-refractivity contribution in [2.75, 3.05) is 25.4 Å². The fraction of sp³-hybridized carbons (Fsp3) is 0.545. The normalized spacial score (nSPS) is 16.3. The second kappa shape index (κ2) is 4.67. The second-order valence-corrected chi connectivity index (χ2v) is 4.40. The number of nitrogens with two attached hydrogens (primary N) is 1. The van der Waals surface area contributed by atoms with Crippen LogP contribution in [0.5, 0.6) is 0 Å². The molecule has 3 N–H and O–H groups in total. The summed E-state index contributed by atoms with van der Waals surface area (Å²) in [4.78, 5) is 25.3. The van der Waals surface area contributed by atoms with Crippen molar-refractivity contribution in [3.8, 4) is 0 Å². The van der Waals surface area contributed by atoms with Gasteiger partial charge in [-0.15, -0.1) is 0 Å². The molecule has 0 aromatic carbocycles. The molecule has 1 aromatic rings. The third-order valence-corrected chi connectivity index (χ3v) is 3.02. The standard InChI is InChI=1S/C11H17N5O2/c1-7-9(12)10(15(2)14-7)11(18)16-5-3-4-13-8(17)6-16/h3-6,12H2,1-2H3,(H,13,17). The first kappa shape index (κ1) is 12.4. The number of hydrogen-bond donors (Lipinski definition) is 2. The molecule has 1 aliphatic rings. The van der Waals surface area contributed by atoms with Crippen LogP contribution in [-0.2, 0) is 11.8 Å². The van der Waals surface area contributed by atoms with Crippen molar-refractivity contribution >= 4 is 17.5 Å². The first-order valence-corrected chi connectivity index (χ1v) is 5.85. The summed E-state index contributed by atoms with van der Waals surface area (Å²) in [6.07, 6.45) is 0.744. The number of nitrogens with zero attached hydrogens (tertiary/aromatic N) is 3. The number of carbonyl (C=O) groups excluding carboxylic acids is 2. The van der Waals surface area contributed by atoms with E-state index in [-0.39, 0.29) is 18.4 Å². The molecule has 2 heterocycles. The lowest BCUT2D eigenvalue weighted by atomic mass is 10.2. The van der Waals surface area contributed by atoms with Crippen LogP contribution in [-0.4, -0.2) is 46.1 Å². The minimum Gasteiger partial charge on any atom is -0.395 e. The highest BCUT2D eigenvalue weighted by Crippen LogP contribution is 2.17. The van der Waals surface area contributed by atoms with E-state index in [9.17, 15) is 9.59 Å². The Morgan fingerprint density at radius 2 is 2.22 bits per heavy atom. The molecule has 1 aliphatic heterocycles. The van der Waals surface area contributed by atoms with E-state index >= 15 is 0 Å². The molecule has 2 amide bonds. The number of hydrogen-bond acceptors (Lipinski definition) is 4. The maximum absolute atomic E-state index is 12.4. The fourth-order valence-electron chi connectivity index (χ4n) is 2.06. The third-order valence-electron chi connectivity index (χ3n) is 3.02. The molecule has 0 unspecified atom stereocenters. The summed E-state index contributed by atoms with van der Waals surface area (Å²) < 4.78 is 1.47. The molecule has 7 heteroatoms. The average Bonchev–Trinajstić information content (AvgIpc) is 2.51. The average molecular weight is 251 g/mol. The predicted molar refractivity (Wildman–Crippen MR) is 65.9 cm³/mol. The van der Waals surface area contributed by atoms with E-state index in [1.54, 1.807) is 14.0 Å². The quantitative estimate of drug-likeness (QED) is 0.688. The Hall–Kier alpha value is -2.05. The van der Waals surface area contributed by atoms with Crippen LogP contribution in [0.1, 0.15) is 22.6 Å². The van der Waals surface area contributed by atoms with Crippen LogP contribution in [0, 0.1) is 6.92 Å². The summed E-state index contributed by atoms with van der Waals surface area (Å²) in [5, 5.41) is 6.84. The molecule has 1 saturated heterocycles. The number of carbonyl (C=O) groups is 2. The van der Waals surface area contributed by atoms with Crippen LogP contribution in [0.25, 0.3) is 0 Å². The number of aromatic nitrogens is 2. The molecular formula is C11H17N5O2. The molecule has 0 radical (unpaired) electrons.